The summed E-state index contributed by atoms with van der Waals surface area (Å²) in [5.41, 5.74) is 0.613. The van der Waals surface area contributed by atoms with Crippen molar-refractivity contribution in [1.29, 1.82) is 0 Å². The summed E-state index contributed by atoms with van der Waals surface area (Å²) in [6, 6.07) is 7.05. The van der Waals surface area contributed by atoms with Gasteiger partial charge in [-0.05, 0) is 17.7 Å². The van der Waals surface area contributed by atoms with Crippen LogP contribution in [0.1, 0.15) is 39.4 Å². The van der Waals surface area contributed by atoms with Crippen LogP contribution in [0.4, 0.5) is 0 Å². The fourth-order valence-electron chi connectivity index (χ4n) is 3.18. The number of halogens is 1. The van der Waals surface area contributed by atoms with Crippen molar-refractivity contribution in [3.05, 3.63) is 34.3 Å². The molecule has 1 aliphatic heterocycles. The maximum Gasteiger partial charge on any atom is 0.303 e. The number of rotatable bonds is 6. The van der Waals surface area contributed by atoms with E-state index in [1.807, 2.05) is 0 Å². The normalized spacial score (nSPS) is 25.7. The van der Waals surface area contributed by atoms with Gasteiger partial charge in [-0.15, -0.1) is 0 Å². The first-order valence-electron chi connectivity index (χ1n) is 9.14. The van der Waals surface area contributed by atoms with Gasteiger partial charge in [0, 0.05) is 32.2 Å². The van der Waals surface area contributed by atoms with Crippen LogP contribution in [-0.2, 0) is 42.9 Å². The molecule has 1 saturated heterocycles. The van der Waals surface area contributed by atoms with Gasteiger partial charge in [-0.3, -0.25) is 19.2 Å². The molecule has 1 aromatic carbocycles. The molecule has 1 fully saturated rings. The van der Waals surface area contributed by atoms with Crippen molar-refractivity contribution in [3.63, 3.8) is 0 Å². The summed E-state index contributed by atoms with van der Waals surface area (Å²) < 4.78 is 28.1. The molecule has 0 aliphatic carbocycles. The van der Waals surface area contributed by atoms with E-state index in [-0.39, 0.29) is 6.61 Å². The number of esters is 4. The Morgan fingerprint density at radius 2 is 1.43 bits per heavy atom. The molecule has 1 unspecified atom stereocenters. The van der Waals surface area contributed by atoms with Gasteiger partial charge in [-0.25, -0.2) is 0 Å². The molecule has 164 valence electrons. The molecule has 1 aromatic rings. The second kappa shape index (κ2) is 10.5. The highest BCUT2D eigenvalue weighted by Gasteiger charge is 2.52. The summed E-state index contributed by atoms with van der Waals surface area (Å²) in [6.45, 7) is 4.52. The summed E-state index contributed by atoms with van der Waals surface area (Å²) in [7, 11) is 0. The smallest absolute Gasteiger partial charge is 0.303 e. The minimum atomic E-state index is -1.19. The van der Waals surface area contributed by atoms with Gasteiger partial charge in [0.2, 0.25) is 0 Å². The van der Waals surface area contributed by atoms with E-state index in [1.54, 1.807) is 24.3 Å². The molecule has 0 amide bonds. The van der Waals surface area contributed by atoms with Crippen molar-refractivity contribution in [3.8, 4) is 0 Å². The van der Waals surface area contributed by atoms with E-state index < -0.39 is 54.4 Å². The lowest BCUT2D eigenvalue weighted by atomic mass is 9.90. The van der Waals surface area contributed by atoms with Crippen molar-refractivity contribution >= 4 is 39.8 Å². The SMILES string of the molecule is CC(=O)OC[C@H]1OC(c2cccc(Br)c2)[C@H](OC(C)=O)[C@@H](OC(C)=O)[C@@H]1OC(C)=O. The first kappa shape index (κ1) is 23.8. The number of benzene rings is 1. The minimum absolute atomic E-state index is 0.262. The van der Waals surface area contributed by atoms with Crippen LogP contribution in [0.15, 0.2) is 28.7 Å². The Labute approximate surface area is 182 Å². The van der Waals surface area contributed by atoms with Crippen LogP contribution in [0, 0.1) is 0 Å². The van der Waals surface area contributed by atoms with E-state index in [0.29, 0.717) is 5.56 Å². The highest BCUT2D eigenvalue weighted by atomic mass is 79.9. The summed E-state index contributed by atoms with van der Waals surface area (Å²) in [6.07, 6.45) is -5.33. The van der Waals surface area contributed by atoms with Crippen molar-refractivity contribution < 1.29 is 42.9 Å². The van der Waals surface area contributed by atoms with Gasteiger partial charge in [-0.2, -0.15) is 0 Å². The first-order valence-corrected chi connectivity index (χ1v) is 9.93. The molecule has 9 nitrogen and oxygen atoms in total. The molecule has 0 saturated carbocycles. The average molecular weight is 487 g/mol. The zero-order valence-corrected chi connectivity index (χ0v) is 18.5. The van der Waals surface area contributed by atoms with Crippen molar-refractivity contribution in [2.24, 2.45) is 0 Å². The molecular weight excluding hydrogens is 464 g/mol. The van der Waals surface area contributed by atoms with Gasteiger partial charge in [0.25, 0.3) is 0 Å². The summed E-state index contributed by atoms with van der Waals surface area (Å²) in [4.78, 5) is 46.7. The van der Waals surface area contributed by atoms with Crippen LogP contribution < -0.4 is 0 Å². The minimum Gasteiger partial charge on any atom is -0.463 e. The fourth-order valence-corrected chi connectivity index (χ4v) is 3.60. The Morgan fingerprint density at radius 3 is 1.97 bits per heavy atom. The third kappa shape index (κ3) is 6.53. The monoisotopic (exact) mass is 486 g/mol. The van der Waals surface area contributed by atoms with Crippen molar-refractivity contribution in [2.75, 3.05) is 6.61 Å². The second-order valence-corrected chi connectivity index (χ2v) is 7.59. The molecule has 10 heteroatoms. The maximum atomic E-state index is 11.8. The number of carbonyl (C=O) groups is 4. The van der Waals surface area contributed by atoms with Gasteiger partial charge in [0.15, 0.2) is 18.3 Å². The fraction of sp³-hybridized carbons (Fsp3) is 0.500. The lowest BCUT2D eigenvalue weighted by Crippen LogP contribution is -2.59. The summed E-state index contributed by atoms with van der Waals surface area (Å²) in [5, 5.41) is 0. The molecule has 0 N–H and O–H groups in total. The van der Waals surface area contributed by atoms with E-state index >= 15 is 0 Å². The summed E-state index contributed by atoms with van der Waals surface area (Å²) in [5.74, 6) is -2.54. The molecule has 0 bridgehead atoms. The summed E-state index contributed by atoms with van der Waals surface area (Å²) >= 11 is 3.38. The number of hydrogen-bond donors (Lipinski definition) is 0. The third-order valence-electron chi connectivity index (χ3n) is 4.17. The second-order valence-electron chi connectivity index (χ2n) is 6.67. The van der Waals surface area contributed by atoms with Crippen LogP contribution in [0.3, 0.4) is 0 Å². The van der Waals surface area contributed by atoms with Gasteiger partial charge in [-0.1, -0.05) is 28.1 Å². The maximum absolute atomic E-state index is 11.8. The largest absolute Gasteiger partial charge is 0.463 e. The first-order chi connectivity index (χ1) is 14.1. The van der Waals surface area contributed by atoms with Crippen LogP contribution in [0.2, 0.25) is 0 Å². The Balaban J connectivity index is 2.53. The lowest BCUT2D eigenvalue weighted by Gasteiger charge is -2.44. The van der Waals surface area contributed by atoms with E-state index in [2.05, 4.69) is 15.9 Å². The molecular formula is C20H23BrO9. The predicted molar refractivity (Wildman–Crippen MR) is 105 cm³/mol. The van der Waals surface area contributed by atoms with E-state index in [0.717, 1.165) is 4.47 Å². The molecule has 0 radical (unpaired) electrons. The highest BCUT2D eigenvalue weighted by Crippen LogP contribution is 2.38. The predicted octanol–water partition coefficient (Wildman–Crippen LogP) is 2.25. The van der Waals surface area contributed by atoms with E-state index in [4.69, 9.17) is 23.7 Å². The van der Waals surface area contributed by atoms with Crippen molar-refractivity contribution in [1.82, 2.24) is 0 Å². The van der Waals surface area contributed by atoms with Crippen LogP contribution >= 0.6 is 15.9 Å². The third-order valence-corrected chi connectivity index (χ3v) is 4.66. The van der Waals surface area contributed by atoms with Crippen LogP contribution in [-0.4, -0.2) is 54.9 Å². The van der Waals surface area contributed by atoms with E-state index in [9.17, 15) is 19.2 Å². The standard InChI is InChI=1S/C20H23BrO9/c1-10(22)26-9-16-18(27-11(2)23)20(29-13(4)25)19(28-12(3)24)17(30-16)14-6-5-7-15(21)8-14/h5-8,16-20H,9H2,1-4H3/t16-,17?,18-,19+,20+/m1/s1. The number of hydrogen-bond acceptors (Lipinski definition) is 9. The van der Waals surface area contributed by atoms with Gasteiger partial charge >= 0.3 is 23.9 Å². The quantitative estimate of drug-likeness (QED) is 0.440. The number of ether oxygens (including phenoxy) is 5. The average Bonchev–Trinajstić information content (AvgIpc) is 2.62. The molecule has 1 aliphatic rings. The van der Waals surface area contributed by atoms with Gasteiger partial charge < -0.3 is 23.7 Å². The molecule has 2 rings (SSSR count). The molecule has 1 heterocycles. The zero-order chi connectivity index (χ0) is 22.4. The van der Waals surface area contributed by atoms with Crippen LogP contribution in [0.5, 0.6) is 0 Å². The Kier molecular flexibility index (Phi) is 8.36. The highest BCUT2D eigenvalue weighted by molar-refractivity contribution is 9.10. The topological polar surface area (TPSA) is 114 Å². The van der Waals surface area contributed by atoms with Gasteiger partial charge in [0.05, 0.1) is 0 Å². The Hall–Kier alpha value is -2.46. The molecule has 5 atom stereocenters. The molecule has 0 spiro atoms. The van der Waals surface area contributed by atoms with Crippen molar-refractivity contribution in [2.45, 2.75) is 58.2 Å². The van der Waals surface area contributed by atoms with Gasteiger partial charge in [0.1, 0.15) is 18.8 Å². The number of carbonyl (C=O) groups excluding carboxylic acids is 4. The Morgan fingerprint density at radius 1 is 0.867 bits per heavy atom. The molecule has 0 aromatic heterocycles. The van der Waals surface area contributed by atoms with Crippen LogP contribution in [0.25, 0.3) is 0 Å². The van der Waals surface area contributed by atoms with E-state index in [1.165, 1.54) is 27.7 Å². The lowest BCUT2D eigenvalue weighted by molar-refractivity contribution is -0.254. The Bertz CT molecular complexity index is 809. The zero-order valence-electron chi connectivity index (χ0n) is 17.0. The molecule has 30 heavy (non-hydrogen) atoms.